The van der Waals surface area contributed by atoms with Gasteiger partial charge in [0, 0.05) is 11.1 Å². The molecule has 0 saturated carbocycles. The van der Waals surface area contributed by atoms with Crippen molar-refractivity contribution in [2.75, 3.05) is 0 Å². The van der Waals surface area contributed by atoms with E-state index in [0.29, 0.717) is 5.56 Å². The van der Waals surface area contributed by atoms with Gasteiger partial charge in [0.1, 0.15) is 5.82 Å². The molecule has 1 aromatic carbocycles. The van der Waals surface area contributed by atoms with Crippen LogP contribution in [0, 0.1) is 12.7 Å². The first-order valence-electron chi connectivity index (χ1n) is 4.32. The van der Waals surface area contributed by atoms with Crippen molar-refractivity contribution in [1.82, 2.24) is 5.32 Å². The Bertz CT molecular complexity index is 324. The van der Waals surface area contributed by atoms with Crippen LogP contribution in [0.2, 0.25) is 0 Å². The molecule has 0 bridgehead atoms. The molecule has 0 aliphatic carbocycles. The molecule has 3 heteroatoms. The van der Waals surface area contributed by atoms with Crippen LogP contribution in [0.4, 0.5) is 4.39 Å². The van der Waals surface area contributed by atoms with E-state index >= 15 is 0 Å². The molecule has 0 unspecified atom stereocenters. The Hall–Kier alpha value is -1.38. The molecule has 0 aliphatic heterocycles. The quantitative estimate of drug-likeness (QED) is 0.768. The second kappa shape index (κ2) is 3.78. The van der Waals surface area contributed by atoms with E-state index in [0.717, 1.165) is 0 Å². The van der Waals surface area contributed by atoms with Crippen LogP contribution in [0.25, 0.3) is 0 Å². The largest absolute Gasteiger partial charge is 0.347 e. The van der Waals surface area contributed by atoms with Gasteiger partial charge in [-0.2, -0.15) is 0 Å². The van der Waals surface area contributed by atoms with Crippen molar-refractivity contribution in [3.05, 3.63) is 42.6 Å². The van der Waals surface area contributed by atoms with Gasteiger partial charge < -0.3 is 5.32 Å². The fourth-order valence-electron chi connectivity index (χ4n) is 0.981. The molecule has 1 radical (unpaired) electrons. The van der Waals surface area contributed by atoms with E-state index in [1.807, 2.05) is 0 Å². The predicted octanol–water partition coefficient (Wildman–Crippen LogP) is 2.17. The molecule has 1 N–H and O–H groups in total. The Morgan fingerprint density at radius 2 is 1.86 bits per heavy atom. The Morgan fingerprint density at radius 3 is 2.29 bits per heavy atom. The Morgan fingerprint density at radius 1 is 1.36 bits per heavy atom. The standard InChI is InChI=1S/C11H13FNO/c1-11(2,3)13-10(14)8-4-6-9(12)7-5-8/h4-7H,1H2,2-3H3,(H,13,14). The number of amides is 1. The topological polar surface area (TPSA) is 29.1 Å². The smallest absolute Gasteiger partial charge is 0.251 e. The molecule has 0 fully saturated rings. The normalized spacial score (nSPS) is 11.1. The first-order valence-corrected chi connectivity index (χ1v) is 4.32. The average molecular weight is 194 g/mol. The maximum absolute atomic E-state index is 12.5. The van der Waals surface area contributed by atoms with Crippen molar-refractivity contribution in [3.63, 3.8) is 0 Å². The summed E-state index contributed by atoms with van der Waals surface area (Å²) in [5, 5.41) is 2.68. The molecule has 75 valence electrons. The zero-order valence-corrected chi connectivity index (χ0v) is 8.30. The predicted molar refractivity (Wildman–Crippen MR) is 53.3 cm³/mol. The fraction of sp³-hybridized carbons (Fsp3) is 0.273. The number of rotatable bonds is 2. The van der Waals surface area contributed by atoms with Gasteiger partial charge in [-0.1, -0.05) is 0 Å². The van der Waals surface area contributed by atoms with Gasteiger partial charge in [0.2, 0.25) is 0 Å². The van der Waals surface area contributed by atoms with E-state index in [4.69, 9.17) is 0 Å². The highest BCUT2D eigenvalue weighted by Gasteiger charge is 2.14. The average Bonchev–Trinajstić information content (AvgIpc) is 2.02. The summed E-state index contributed by atoms with van der Waals surface area (Å²) in [4.78, 5) is 11.5. The van der Waals surface area contributed by atoms with E-state index in [1.165, 1.54) is 24.3 Å². The van der Waals surface area contributed by atoms with Crippen molar-refractivity contribution in [2.45, 2.75) is 19.4 Å². The van der Waals surface area contributed by atoms with Crippen LogP contribution in [0.3, 0.4) is 0 Å². The lowest BCUT2D eigenvalue weighted by Gasteiger charge is -2.20. The molecule has 0 aliphatic rings. The van der Waals surface area contributed by atoms with Gasteiger partial charge in [0.05, 0.1) is 0 Å². The molecule has 2 nitrogen and oxygen atoms in total. The summed E-state index contributed by atoms with van der Waals surface area (Å²) in [6.07, 6.45) is 0. The molecule has 0 heterocycles. The van der Waals surface area contributed by atoms with E-state index in [2.05, 4.69) is 12.2 Å². The molecular formula is C11H13FNO. The first kappa shape index (κ1) is 10.7. The number of carbonyl (C=O) groups excluding carboxylic acids is 1. The number of hydrogen-bond donors (Lipinski definition) is 1. The molecule has 0 atom stereocenters. The molecule has 0 spiro atoms. The number of benzene rings is 1. The summed E-state index contributed by atoms with van der Waals surface area (Å²) >= 11 is 0. The molecule has 0 aromatic heterocycles. The van der Waals surface area contributed by atoms with Crippen molar-refractivity contribution >= 4 is 5.91 Å². The minimum absolute atomic E-state index is 0.245. The minimum Gasteiger partial charge on any atom is -0.347 e. The summed E-state index contributed by atoms with van der Waals surface area (Å²) < 4.78 is 12.5. The second-order valence-electron chi connectivity index (χ2n) is 3.84. The van der Waals surface area contributed by atoms with Crippen LogP contribution in [0.15, 0.2) is 24.3 Å². The summed E-state index contributed by atoms with van der Waals surface area (Å²) in [7, 11) is 0. The van der Waals surface area contributed by atoms with E-state index < -0.39 is 5.54 Å². The maximum Gasteiger partial charge on any atom is 0.251 e. The maximum atomic E-state index is 12.5. The van der Waals surface area contributed by atoms with Crippen LogP contribution >= 0.6 is 0 Å². The fourth-order valence-corrected chi connectivity index (χ4v) is 0.981. The number of hydrogen-bond acceptors (Lipinski definition) is 1. The van der Waals surface area contributed by atoms with Crippen LogP contribution in [0.1, 0.15) is 24.2 Å². The monoisotopic (exact) mass is 194 g/mol. The van der Waals surface area contributed by atoms with Crippen LogP contribution in [-0.4, -0.2) is 11.4 Å². The molecular weight excluding hydrogens is 181 g/mol. The van der Waals surface area contributed by atoms with Gasteiger partial charge in [0.15, 0.2) is 0 Å². The summed E-state index contributed by atoms with van der Waals surface area (Å²) in [5.74, 6) is -0.597. The molecule has 14 heavy (non-hydrogen) atoms. The second-order valence-corrected chi connectivity index (χ2v) is 3.84. The summed E-state index contributed by atoms with van der Waals surface area (Å²) in [5.41, 5.74) is -0.0889. The highest BCUT2D eigenvalue weighted by molar-refractivity contribution is 5.94. The zero-order valence-electron chi connectivity index (χ0n) is 8.30. The van der Waals surface area contributed by atoms with Crippen LogP contribution < -0.4 is 5.32 Å². The number of halogens is 1. The third kappa shape index (κ3) is 3.17. The van der Waals surface area contributed by atoms with E-state index in [9.17, 15) is 9.18 Å². The SMILES string of the molecule is [CH2]C(C)(C)NC(=O)c1ccc(F)cc1. The van der Waals surface area contributed by atoms with Gasteiger partial charge >= 0.3 is 0 Å². The van der Waals surface area contributed by atoms with Gasteiger partial charge in [0.25, 0.3) is 5.91 Å². The van der Waals surface area contributed by atoms with Gasteiger partial charge in [-0.15, -0.1) is 0 Å². The minimum atomic E-state index is -0.522. The Kier molecular flexibility index (Phi) is 2.89. The molecule has 1 aromatic rings. The van der Waals surface area contributed by atoms with Gasteiger partial charge in [-0.05, 0) is 45.0 Å². The highest BCUT2D eigenvalue weighted by atomic mass is 19.1. The lowest BCUT2D eigenvalue weighted by molar-refractivity contribution is 0.0927. The summed E-state index contributed by atoms with van der Waals surface area (Å²) in [6, 6.07) is 5.39. The highest BCUT2D eigenvalue weighted by Crippen LogP contribution is 2.05. The third-order valence-electron chi connectivity index (χ3n) is 1.56. The van der Waals surface area contributed by atoms with Gasteiger partial charge in [-0.3, -0.25) is 4.79 Å². The van der Waals surface area contributed by atoms with Crippen LogP contribution in [-0.2, 0) is 0 Å². The molecule has 1 amide bonds. The Balaban J connectivity index is 2.76. The number of nitrogens with one attached hydrogen (secondary N) is 1. The van der Waals surface area contributed by atoms with Crippen molar-refractivity contribution in [3.8, 4) is 0 Å². The Labute approximate surface area is 83.1 Å². The first-order chi connectivity index (χ1) is 6.38. The van der Waals surface area contributed by atoms with Gasteiger partial charge in [-0.25, -0.2) is 4.39 Å². The number of carbonyl (C=O) groups is 1. The van der Waals surface area contributed by atoms with Crippen molar-refractivity contribution in [1.29, 1.82) is 0 Å². The third-order valence-corrected chi connectivity index (χ3v) is 1.56. The van der Waals surface area contributed by atoms with Crippen molar-refractivity contribution < 1.29 is 9.18 Å². The molecule has 0 saturated heterocycles. The zero-order chi connectivity index (χ0) is 10.8. The summed E-state index contributed by atoms with van der Waals surface area (Å²) in [6.45, 7) is 7.32. The van der Waals surface area contributed by atoms with E-state index in [-0.39, 0.29) is 11.7 Å². The lowest BCUT2D eigenvalue weighted by Crippen LogP contribution is -2.40. The van der Waals surface area contributed by atoms with Crippen LogP contribution in [0.5, 0.6) is 0 Å². The van der Waals surface area contributed by atoms with E-state index in [1.54, 1.807) is 13.8 Å². The lowest BCUT2D eigenvalue weighted by atomic mass is 10.1. The van der Waals surface area contributed by atoms with Crippen molar-refractivity contribution in [2.24, 2.45) is 0 Å². The molecule has 1 rings (SSSR count).